The fourth-order valence-corrected chi connectivity index (χ4v) is 1.75. The molecule has 0 radical (unpaired) electrons. The highest BCUT2D eigenvalue weighted by molar-refractivity contribution is 4.90. The minimum Gasteiger partial charge on any atom is -0.349 e. The van der Waals surface area contributed by atoms with E-state index in [0.29, 0.717) is 0 Å². The van der Waals surface area contributed by atoms with Gasteiger partial charge in [-0.2, -0.15) is 0 Å². The molecule has 4 N–H and O–H groups in total. The molecule has 5 heteroatoms. The third kappa shape index (κ3) is 2.31. The van der Waals surface area contributed by atoms with Gasteiger partial charge < -0.3 is 16.0 Å². The van der Waals surface area contributed by atoms with E-state index in [0.717, 1.165) is 38.4 Å². The number of nitrogens with one attached hydrogen (secondary N) is 2. The third-order valence-electron chi connectivity index (χ3n) is 2.58. The van der Waals surface area contributed by atoms with E-state index in [-0.39, 0.29) is 6.17 Å². The van der Waals surface area contributed by atoms with E-state index in [1.165, 1.54) is 0 Å². The van der Waals surface area contributed by atoms with Crippen molar-refractivity contribution >= 4 is 0 Å². The van der Waals surface area contributed by atoms with Crippen LogP contribution in [0.3, 0.4) is 0 Å². The molecule has 5 nitrogen and oxygen atoms in total. The number of hydrogen-bond acceptors (Lipinski definition) is 4. The van der Waals surface area contributed by atoms with Gasteiger partial charge in [-0.25, -0.2) is 4.98 Å². The number of piperazine rings is 1. The summed E-state index contributed by atoms with van der Waals surface area (Å²) in [6.07, 6.45) is 4.48. The van der Waals surface area contributed by atoms with E-state index < -0.39 is 0 Å². The Hall–Kier alpha value is -0.910. The van der Waals surface area contributed by atoms with Gasteiger partial charge in [-0.05, 0) is 0 Å². The van der Waals surface area contributed by atoms with Crippen molar-refractivity contribution in [2.45, 2.75) is 12.6 Å². The summed E-state index contributed by atoms with van der Waals surface area (Å²) in [5, 5.41) is 3.31. The maximum absolute atomic E-state index is 6.08. The maximum atomic E-state index is 6.08. The largest absolute Gasteiger partial charge is 0.349 e. The maximum Gasteiger partial charge on any atom is 0.108 e. The molecule has 1 saturated heterocycles. The van der Waals surface area contributed by atoms with Gasteiger partial charge in [0.05, 0.1) is 6.17 Å². The van der Waals surface area contributed by atoms with Crippen LogP contribution in [0.15, 0.2) is 12.4 Å². The monoisotopic (exact) mass is 195 g/mol. The summed E-state index contributed by atoms with van der Waals surface area (Å²) >= 11 is 0. The molecule has 0 aromatic carbocycles. The Morgan fingerprint density at radius 2 is 2.29 bits per heavy atom. The van der Waals surface area contributed by atoms with Crippen molar-refractivity contribution in [3.8, 4) is 0 Å². The number of aromatic amines is 1. The lowest BCUT2D eigenvalue weighted by Gasteiger charge is -2.32. The van der Waals surface area contributed by atoms with Crippen LogP contribution >= 0.6 is 0 Å². The lowest BCUT2D eigenvalue weighted by Crippen LogP contribution is -2.52. The first-order valence-corrected chi connectivity index (χ1v) is 5.05. The van der Waals surface area contributed by atoms with Gasteiger partial charge in [-0.1, -0.05) is 0 Å². The minimum atomic E-state index is 0.0863. The van der Waals surface area contributed by atoms with Crippen LogP contribution in [0.4, 0.5) is 0 Å². The second-order valence-electron chi connectivity index (χ2n) is 3.59. The van der Waals surface area contributed by atoms with Gasteiger partial charge in [0.1, 0.15) is 5.82 Å². The van der Waals surface area contributed by atoms with Crippen molar-refractivity contribution in [2.75, 3.05) is 26.2 Å². The van der Waals surface area contributed by atoms with Crippen LogP contribution < -0.4 is 11.1 Å². The normalized spacial score (nSPS) is 20.9. The molecule has 0 amide bonds. The molecule has 1 aliphatic rings. The van der Waals surface area contributed by atoms with Gasteiger partial charge in [0.15, 0.2) is 0 Å². The molecule has 1 aliphatic heterocycles. The lowest BCUT2D eigenvalue weighted by molar-refractivity contribution is 0.174. The van der Waals surface area contributed by atoms with Crippen LogP contribution in [-0.2, 0) is 6.42 Å². The Morgan fingerprint density at radius 3 is 2.93 bits per heavy atom. The zero-order chi connectivity index (χ0) is 9.80. The molecule has 2 rings (SSSR count). The van der Waals surface area contributed by atoms with Crippen LogP contribution in [0.1, 0.15) is 5.82 Å². The van der Waals surface area contributed by atoms with Crippen LogP contribution in [0.2, 0.25) is 0 Å². The van der Waals surface area contributed by atoms with Crippen molar-refractivity contribution in [2.24, 2.45) is 5.73 Å². The molecular formula is C9H17N5. The Balaban J connectivity index is 1.85. The average Bonchev–Trinajstić information content (AvgIpc) is 2.72. The fraction of sp³-hybridized carbons (Fsp3) is 0.667. The van der Waals surface area contributed by atoms with Crippen molar-refractivity contribution in [3.05, 3.63) is 18.2 Å². The van der Waals surface area contributed by atoms with E-state index in [2.05, 4.69) is 20.2 Å². The van der Waals surface area contributed by atoms with Crippen molar-refractivity contribution in [3.63, 3.8) is 0 Å². The minimum absolute atomic E-state index is 0.0863. The predicted molar refractivity (Wildman–Crippen MR) is 54.7 cm³/mol. The Labute approximate surface area is 83.7 Å². The smallest absolute Gasteiger partial charge is 0.108 e. The Morgan fingerprint density at radius 1 is 1.50 bits per heavy atom. The Kier molecular flexibility index (Phi) is 3.13. The number of H-pyrrole nitrogens is 1. The molecule has 1 aromatic rings. The van der Waals surface area contributed by atoms with E-state index in [1.54, 1.807) is 6.20 Å². The summed E-state index contributed by atoms with van der Waals surface area (Å²) in [6, 6.07) is 0. The van der Waals surface area contributed by atoms with E-state index in [4.69, 9.17) is 5.73 Å². The summed E-state index contributed by atoms with van der Waals surface area (Å²) in [7, 11) is 0. The molecule has 1 unspecified atom stereocenters. The van der Waals surface area contributed by atoms with Crippen LogP contribution in [0, 0.1) is 0 Å². The SMILES string of the molecule is NC(Cc1ncc[nH]1)N1CCNCC1. The number of nitrogens with zero attached hydrogens (tertiary/aromatic N) is 2. The van der Waals surface area contributed by atoms with Gasteiger partial charge >= 0.3 is 0 Å². The second-order valence-corrected chi connectivity index (χ2v) is 3.59. The molecule has 0 saturated carbocycles. The molecule has 0 bridgehead atoms. The first kappa shape index (κ1) is 9.64. The van der Waals surface area contributed by atoms with Crippen molar-refractivity contribution in [1.82, 2.24) is 20.2 Å². The highest BCUT2D eigenvalue weighted by Crippen LogP contribution is 2.01. The second kappa shape index (κ2) is 4.54. The average molecular weight is 195 g/mol. The molecule has 14 heavy (non-hydrogen) atoms. The molecule has 1 fully saturated rings. The molecule has 0 aliphatic carbocycles. The van der Waals surface area contributed by atoms with Gasteiger partial charge in [0.2, 0.25) is 0 Å². The predicted octanol–water partition coefficient (Wildman–Crippen LogP) is -0.858. The fourth-order valence-electron chi connectivity index (χ4n) is 1.75. The Bertz CT molecular complexity index is 252. The third-order valence-corrected chi connectivity index (χ3v) is 2.58. The summed E-state index contributed by atoms with van der Waals surface area (Å²) in [6.45, 7) is 4.13. The molecule has 0 spiro atoms. The highest BCUT2D eigenvalue weighted by Gasteiger charge is 2.17. The molecule has 78 valence electrons. The van der Waals surface area contributed by atoms with Crippen LogP contribution in [0.5, 0.6) is 0 Å². The highest BCUT2D eigenvalue weighted by atomic mass is 15.3. The quantitative estimate of drug-likeness (QED) is 0.587. The summed E-state index contributed by atoms with van der Waals surface area (Å²) in [5.41, 5.74) is 6.08. The van der Waals surface area contributed by atoms with E-state index in [1.807, 2.05) is 6.20 Å². The number of rotatable bonds is 3. The molecule has 1 aromatic heterocycles. The first-order chi connectivity index (χ1) is 6.86. The van der Waals surface area contributed by atoms with Gasteiger partial charge in [-0.15, -0.1) is 0 Å². The molecule has 2 heterocycles. The number of aromatic nitrogens is 2. The van der Waals surface area contributed by atoms with Gasteiger partial charge in [0, 0.05) is 45.0 Å². The van der Waals surface area contributed by atoms with E-state index >= 15 is 0 Å². The zero-order valence-corrected chi connectivity index (χ0v) is 8.24. The number of imidazole rings is 1. The molecule has 1 atom stereocenters. The van der Waals surface area contributed by atoms with Crippen LogP contribution in [0.25, 0.3) is 0 Å². The summed E-state index contributed by atoms with van der Waals surface area (Å²) < 4.78 is 0. The van der Waals surface area contributed by atoms with Gasteiger partial charge in [-0.3, -0.25) is 4.90 Å². The summed E-state index contributed by atoms with van der Waals surface area (Å²) in [4.78, 5) is 9.54. The van der Waals surface area contributed by atoms with Gasteiger partial charge in [0.25, 0.3) is 0 Å². The van der Waals surface area contributed by atoms with E-state index in [9.17, 15) is 0 Å². The van der Waals surface area contributed by atoms with Crippen molar-refractivity contribution < 1.29 is 0 Å². The number of nitrogens with two attached hydrogens (primary N) is 1. The number of hydrogen-bond donors (Lipinski definition) is 3. The first-order valence-electron chi connectivity index (χ1n) is 5.05. The van der Waals surface area contributed by atoms with Crippen molar-refractivity contribution in [1.29, 1.82) is 0 Å². The topological polar surface area (TPSA) is 70.0 Å². The standard InChI is InChI=1S/C9H17N5/c10-8(7-9-12-1-2-13-9)14-5-3-11-4-6-14/h1-2,8,11H,3-7,10H2,(H,12,13). The van der Waals surface area contributed by atoms with Crippen LogP contribution in [-0.4, -0.2) is 47.2 Å². The molecular weight excluding hydrogens is 178 g/mol. The summed E-state index contributed by atoms with van der Waals surface area (Å²) in [5.74, 6) is 0.969. The lowest BCUT2D eigenvalue weighted by atomic mass is 10.2. The zero-order valence-electron chi connectivity index (χ0n) is 8.24.